The molecule has 0 fully saturated rings. The molecule has 0 unspecified atom stereocenters. The zero-order valence-corrected chi connectivity index (χ0v) is 17.4. The van der Waals surface area contributed by atoms with Crippen LogP contribution in [0.2, 0.25) is 0 Å². The van der Waals surface area contributed by atoms with E-state index >= 15 is 0 Å². The summed E-state index contributed by atoms with van der Waals surface area (Å²) in [5, 5.41) is 0.526. The first-order chi connectivity index (χ1) is 15.2. The van der Waals surface area contributed by atoms with Crippen LogP contribution in [-0.2, 0) is 24.5 Å². The van der Waals surface area contributed by atoms with Gasteiger partial charge in [-0.15, -0.1) is 0 Å². The maximum absolute atomic E-state index is 14.2. The first-order valence-electron chi connectivity index (χ1n) is 9.25. The summed E-state index contributed by atoms with van der Waals surface area (Å²) in [5.74, 6) is -4.32. The molecule has 166 valence electrons. The Morgan fingerprint density at radius 2 is 1.78 bits per heavy atom. The van der Waals surface area contributed by atoms with Crippen molar-refractivity contribution in [3.63, 3.8) is 0 Å². The van der Waals surface area contributed by atoms with Gasteiger partial charge in [-0.2, -0.15) is 0 Å². The number of fused-ring (bicyclic) bond motifs is 1. The molecule has 11 heteroatoms. The van der Waals surface area contributed by atoms with Gasteiger partial charge in [0.2, 0.25) is 10.9 Å². The van der Waals surface area contributed by atoms with Gasteiger partial charge in [0.25, 0.3) is 5.56 Å². The molecule has 0 aliphatic heterocycles. The van der Waals surface area contributed by atoms with Crippen molar-refractivity contribution in [3.8, 4) is 22.6 Å². The van der Waals surface area contributed by atoms with Crippen molar-refractivity contribution < 1.29 is 26.3 Å². The Kier molecular flexibility index (Phi) is 5.76. The Morgan fingerprint density at radius 3 is 2.47 bits per heavy atom. The van der Waals surface area contributed by atoms with Crippen molar-refractivity contribution in [1.82, 2.24) is 14.3 Å². The van der Waals surface area contributed by atoms with Crippen molar-refractivity contribution in [2.75, 3.05) is 0 Å². The quantitative estimate of drug-likeness (QED) is 0.383. The lowest BCUT2D eigenvalue weighted by molar-refractivity contribution is 0.402. The third kappa shape index (κ3) is 4.12. The van der Waals surface area contributed by atoms with Gasteiger partial charge in [0.05, 0.1) is 0 Å². The molecule has 0 saturated heterocycles. The first-order valence-corrected chi connectivity index (χ1v) is 10.4. The summed E-state index contributed by atoms with van der Waals surface area (Å²) in [7, 11) is -1.30. The van der Waals surface area contributed by atoms with Gasteiger partial charge in [-0.05, 0) is 23.8 Å². The number of aromatic amines is 1. The second-order valence-corrected chi connectivity index (χ2v) is 7.78. The van der Waals surface area contributed by atoms with Crippen LogP contribution in [0.25, 0.3) is 22.0 Å². The van der Waals surface area contributed by atoms with E-state index in [1.165, 1.54) is 22.9 Å². The molecular weight excluding hydrogens is 447 g/mol. The van der Waals surface area contributed by atoms with Crippen LogP contribution < -0.4 is 15.0 Å². The molecule has 32 heavy (non-hydrogen) atoms. The molecule has 2 aromatic heterocycles. The summed E-state index contributed by atoms with van der Waals surface area (Å²) in [5.41, 5.74) is 1.39. The molecular formula is C21H16F3N3O4S. The molecule has 0 saturated carbocycles. The number of aryl methyl sites for hydroxylation is 1. The van der Waals surface area contributed by atoms with Gasteiger partial charge in [-0.3, -0.25) is 4.79 Å². The number of benzene rings is 2. The van der Waals surface area contributed by atoms with Gasteiger partial charge in [0.15, 0.2) is 17.4 Å². The van der Waals surface area contributed by atoms with E-state index in [9.17, 15) is 26.4 Å². The largest absolute Gasteiger partial charge is 0.451 e. The third-order valence-corrected chi connectivity index (χ3v) is 5.23. The maximum Gasteiger partial charge on any atom is 0.274 e. The first kappa shape index (κ1) is 21.7. The Bertz CT molecular complexity index is 1450. The SMILES string of the molecule is Cn1cc(-c2cc(CN[SH](=O)=O)ccc2Oc2c(F)cc(F)cc2F)c2cc[nH]c2c1=O. The van der Waals surface area contributed by atoms with Crippen molar-refractivity contribution in [3.05, 3.63) is 82.2 Å². The predicted octanol–water partition coefficient (Wildman–Crippen LogP) is 3.36. The fourth-order valence-corrected chi connectivity index (χ4v) is 3.67. The van der Waals surface area contributed by atoms with Gasteiger partial charge in [0.1, 0.15) is 17.1 Å². The number of H-pyrrole nitrogens is 1. The zero-order valence-electron chi connectivity index (χ0n) is 16.5. The normalized spacial score (nSPS) is 11.4. The second kappa shape index (κ2) is 8.52. The van der Waals surface area contributed by atoms with Crippen molar-refractivity contribution in [2.24, 2.45) is 7.05 Å². The van der Waals surface area contributed by atoms with Gasteiger partial charge >= 0.3 is 0 Å². The number of hydrogen-bond acceptors (Lipinski definition) is 4. The summed E-state index contributed by atoms with van der Waals surface area (Å²) in [6, 6.07) is 7.16. The smallest absolute Gasteiger partial charge is 0.274 e. The van der Waals surface area contributed by atoms with Crippen molar-refractivity contribution in [1.29, 1.82) is 0 Å². The molecule has 2 N–H and O–H groups in total. The molecule has 0 radical (unpaired) electrons. The van der Waals surface area contributed by atoms with E-state index in [4.69, 9.17) is 4.74 Å². The number of halogens is 3. The van der Waals surface area contributed by atoms with E-state index in [0.29, 0.717) is 39.7 Å². The molecule has 0 bridgehead atoms. The van der Waals surface area contributed by atoms with E-state index in [2.05, 4.69) is 9.71 Å². The fourth-order valence-electron chi connectivity index (χ4n) is 3.36. The van der Waals surface area contributed by atoms with Gasteiger partial charge in [-0.1, -0.05) is 6.07 Å². The van der Waals surface area contributed by atoms with Gasteiger partial charge in [-0.25, -0.2) is 26.3 Å². The number of rotatable bonds is 6. The lowest BCUT2D eigenvalue weighted by Gasteiger charge is -2.16. The average Bonchev–Trinajstić information content (AvgIpc) is 3.22. The number of hydrogen-bond donors (Lipinski definition) is 3. The van der Waals surface area contributed by atoms with Crippen LogP contribution in [0, 0.1) is 17.5 Å². The summed E-state index contributed by atoms with van der Waals surface area (Å²) in [4.78, 5) is 15.3. The number of pyridine rings is 1. The van der Waals surface area contributed by atoms with E-state index < -0.39 is 34.1 Å². The Balaban J connectivity index is 1.92. The molecule has 2 aromatic carbocycles. The van der Waals surface area contributed by atoms with Crippen LogP contribution in [0.4, 0.5) is 13.2 Å². The van der Waals surface area contributed by atoms with E-state index in [-0.39, 0.29) is 17.9 Å². The third-order valence-electron chi connectivity index (χ3n) is 4.82. The molecule has 2 heterocycles. The van der Waals surface area contributed by atoms with Crippen molar-refractivity contribution in [2.45, 2.75) is 6.54 Å². The number of thiol groups is 1. The highest BCUT2D eigenvalue weighted by molar-refractivity contribution is 7.70. The molecule has 0 atom stereocenters. The summed E-state index contributed by atoms with van der Waals surface area (Å²) < 4.78 is 72.6. The van der Waals surface area contributed by atoms with E-state index in [1.54, 1.807) is 25.4 Å². The monoisotopic (exact) mass is 463 g/mol. The number of aromatic nitrogens is 2. The Morgan fingerprint density at radius 1 is 1.06 bits per heavy atom. The lowest BCUT2D eigenvalue weighted by atomic mass is 10.00. The minimum atomic E-state index is -2.84. The standard InChI is InChI=1S/C21H16F3N3O4S/c1-27-10-15(13-4-5-25-19(13)21(27)28)14-6-11(9-26-32(29)30)2-3-18(14)31-20-16(23)7-12(22)8-17(20)24/h2-8,10,25,32H,9H2,1H3,(H,26,29,30). The topological polar surface area (TPSA) is 93.2 Å². The molecule has 4 aromatic rings. The van der Waals surface area contributed by atoms with Crippen LogP contribution in [0.15, 0.2) is 53.6 Å². The van der Waals surface area contributed by atoms with Crippen LogP contribution in [0.1, 0.15) is 5.56 Å². The predicted molar refractivity (Wildman–Crippen MR) is 113 cm³/mol. The highest BCUT2D eigenvalue weighted by atomic mass is 32.2. The minimum Gasteiger partial charge on any atom is -0.451 e. The van der Waals surface area contributed by atoms with Crippen LogP contribution in [0.5, 0.6) is 11.5 Å². The highest BCUT2D eigenvalue weighted by Gasteiger charge is 2.19. The van der Waals surface area contributed by atoms with Crippen LogP contribution >= 0.6 is 0 Å². The molecule has 0 aliphatic rings. The number of nitrogens with zero attached hydrogens (tertiary/aromatic N) is 1. The summed E-state index contributed by atoms with van der Waals surface area (Å²) >= 11 is 0. The van der Waals surface area contributed by atoms with E-state index in [0.717, 1.165) is 0 Å². The maximum atomic E-state index is 14.2. The summed E-state index contributed by atoms with van der Waals surface area (Å²) in [6.45, 7) is -0.0344. The molecule has 0 spiro atoms. The summed E-state index contributed by atoms with van der Waals surface area (Å²) in [6.07, 6.45) is 3.10. The Labute approximate surface area is 181 Å². The van der Waals surface area contributed by atoms with Crippen LogP contribution in [-0.4, -0.2) is 18.0 Å². The minimum absolute atomic E-state index is 0.0193. The molecule has 0 aliphatic carbocycles. The average molecular weight is 463 g/mol. The van der Waals surface area contributed by atoms with E-state index in [1.807, 2.05) is 0 Å². The highest BCUT2D eigenvalue weighted by Crippen LogP contribution is 2.38. The van der Waals surface area contributed by atoms with Gasteiger partial charge < -0.3 is 14.3 Å². The molecule has 7 nitrogen and oxygen atoms in total. The van der Waals surface area contributed by atoms with Gasteiger partial charge in [0, 0.05) is 54.6 Å². The number of ether oxygens (including phenoxy) is 1. The zero-order chi connectivity index (χ0) is 23.0. The molecule has 0 amide bonds. The van der Waals surface area contributed by atoms with Crippen molar-refractivity contribution >= 4 is 21.8 Å². The Hall–Kier alpha value is -3.57. The fraction of sp³-hybridized carbons (Fsp3) is 0.0952. The lowest BCUT2D eigenvalue weighted by Crippen LogP contribution is -2.16. The molecule has 4 rings (SSSR count). The number of nitrogens with one attached hydrogen (secondary N) is 2. The second-order valence-electron chi connectivity index (χ2n) is 6.95. The van der Waals surface area contributed by atoms with Crippen LogP contribution in [0.3, 0.4) is 0 Å².